The molecule has 1 unspecified atom stereocenters. The zero-order valence-electron chi connectivity index (χ0n) is 11.3. The fourth-order valence-corrected chi connectivity index (χ4v) is 2.88. The SMILES string of the molecule is Cc1ccc(O)c(C2=CC(c3ccc(Cl)cc3Cl)NN2)c1. The van der Waals surface area contributed by atoms with Gasteiger partial charge in [-0.15, -0.1) is 0 Å². The van der Waals surface area contributed by atoms with Gasteiger partial charge >= 0.3 is 0 Å². The van der Waals surface area contributed by atoms with Gasteiger partial charge in [-0.3, -0.25) is 0 Å². The minimum absolute atomic E-state index is 0.0790. The maximum absolute atomic E-state index is 9.99. The number of phenolic OH excluding ortho intramolecular Hbond substituents is 1. The number of hydrogen-bond acceptors (Lipinski definition) is 3. The average Bonchev–Trinajstić information content (AvgIpc) is 2.91. The summed E-state index contributed by atoms with van der Waals surface area (Å²) < 4.78 is 0. The highest BCUT2D eigenvalue weighted by atomic mass is 35.5. The molecule has 0 saturated heterocycles. The summed E-state index contributed by atoms with van der Waals surface area (Å²) in [6, 6.07) is 10.8. The van der Waals surface area contributed by atoms with Crippen LogP contribution in [0.25, 0.3) is 5.70 Å². The van der Waals surface area contributed by atoms with Crippen molar-refractivity contribution in [1.82, 2.24) is 10.9 Å². The van der Waals surface area contributed by atoms with Crippen molar-refractivity contribution in [2.75, 3.05) is 0 Å². The number of hydrogen-bond donors (Lipinski definition) is 3. The van der Waals surface area contributed by atoms with Gasteiger partial charge in [0.25, 0.3) is 0 Å². The van der Waals surface area contributed by atoms with Crippen LogP contribution in [-0.4, -0.2) is 5.11 Å². The summed E-state index contributed by atoms with van der Waals surface area (Å²) >= 11 is 12.1. The van der Waals surface area contributed by atoms with E-state index in [-0.39, 0.29) is 11.8 Å². The summed E-state index contributed by atoms with van der Waals surface area (Å²) in [7, 11) is 0. The Morgan fingerprint density at radius 1 is 1.10 bits per heavy atom. The number of aromatic hydroxyl groups is 1. The highest BCUT2D eigenvalue weighted by molar-refractivity contribution is 6.35. The zero-order chi connectivity index (χ0) is 15.0. The van der Waals surface area contributed by atoms with Crippen LogP contribution in [0.5, 0.6) is 5.75 Å². The van der Waals surface area contributed by atoms with Gasteiger partial charge < -0.3 is 10.5 Å². The molecule has 3 nitrogen and oxygen atoms in total. The van der Waals surface area contributed by atoms with Gasteiger partial charge in [-0.1, -0.05) is 40.9 Å². The van der Waals surface area contributed by atoms with Crippen molar-refractivity contribution in [3.63, 3.8) is 0 Å². The van der Waals surface area contributed by atoms with Crippen LogP contribution >= 0.6 is 23.2 Å². The van der Waals surface area contributed by atoms with Crippen molar-refractivity contribution < 1.29 is 5.11 Å². The fourth-order valence-electron chi connectivity index (χ4n) is 2.35. The molecule has 0 bridgehead atoms. The molecule has 1 aliphatic heterocycles. The summed E-state index contributed by atoms with van der Waals surface area (Å²) in [4.78, 5) is 0. The molecule has 2 aromatic carbocycles. The van der Waals surface area contributed by atoms with Crippen LogP contribution in [0.2, 0.25) is 10.0 Å². The quantitative estimate of drug-likeness (QED) is 0.777. The Hall–Kier alpha value is -1.68. The van der Waals surface area contributed by atoms with Crippen LogP contribution in [0.3, 0.4) is 0 Å². The highest BCUT2D eigenvalue weighted by Crippen LogP contribution is 2.33. The third-order valence-electron chi connectivity index (χ3n) is 3.44. The first kappa shape index (κ1) is 14.3. The van der Waals surface area contributed by atoms with Crippen LogP contribution in [0.15, 0.2) is 42.5 Å². The molecule has 1 heterocycles. The van der Waals surface area contributed by atoms with Gasteiger partial charge in [0.15, 0.2) is 0 Å². The number of halogens is 2. The standard InChI is InChI=1S/C16H14Cl2N2O/c1-9-2-5-16(21)12(6-9)15-8-14(19-20-15)11-4-3-10(17)7-13(11)18/h2-8,14,19-21H,1H3. The first-order chi connectivity index (χ1) is 10.0. The second-order valence-corrected chi connectivity index (χ2v) is 5.86. The molecule has 3 N–H and O–H groups in total. The molecular formula is C16H14Cl2N2O. The van der Waals surface area contributed by atoms with Gasteiger partial charge in [0, 0.05) is 15.6 Å². The van der Waals surface area contributed by atoms with Crippen molar-refractivity contribution in [1.29, 1.82) is 0 Å². The van der Waals surface area contributed by atoms with Crippen LogP contribution in [0, 0.1) is 6.92 Å². The Bertz CT molecular complexity index is 728. The lowest BCUT2D eigenvalue weighted by Crippen LogP contribution is -2.26. The van der Waals surface area contributed by atoms with E-state index in [1.807, 2.05) is 31.2 Å². The predicted molar refractivity (Wildman–Crippen MR) is 86.3 cm³/mol. The van der Waals surface area contributed by atoms with Gasteiger partial charge in [0.1, 0.15) is 5.75 Å². The molecule has 108 valence electrons. The lowest BCUT2D eigenvalue weighted by Gasteiger charge is -2.11. The molecule has 0 saturated carbocycles. The molecule has 0 spiro atoms. The van der Waals surface area contributed by atoms with Crippen LogP contribution in [0.1, 0.15) is 22.7 Å². The topological polar surface area (TPSA) is 44.3 Å². The van der Waals surface area contributed by atoms with E-state index >= 15 is 0 Å². The third kappa shape index (κ3) is 2.86. The predicted octanol–water partition coefficient (Wildman–Crippen LogP) is 4.20. The molecular weight excluding hydrogens is 307 g/mol. The molecule has 21 heavy (non-hydrogen) atoms. The van der Waals surface area contributed by atoms with E-state index in [9.17, 15) is 5.11 Å². The summed E-state index contributed by atoms with van der Waals surface area (Å²) in [5.74, 6) is 0.240. The van der Waals surface area contributed by atoms with Gasteiger partial charge in [-0.05, 0) is 42.8 Å². The monoisotopic (exact) mass is 320 g/mol. The van der Waals surface area contributed by atoms with E-state index in [0.29, 0.717) is 10.0 Å². The van der Waals surface area contributed by atoms with E-state index in [1.165, 1.54) is 0 Å². The van der Waals surface area contributed by atoms with Gasteiger partial charge in [0.2, 0.25) is 0 Å². The molecule has 0 aromatic heterocycles. The van der Waals surface area contributed by atoms with Crippen molar-refractivity contribution >= 4 is 28.9 Å². The molecule has 0 aliphatic carbocycles. The van der Waals surface area contributed by atoms with E-state index in [1.54, 1.807) is 18.2 Å². The Balaban J connectivity index is 1.95. The molecule has 3 rings (SSSR count). The van der Waals surface area contributed by atoms with E-state index < -0.39 is 0 Å². The minimum atomic E-state index is -0.0790. The fraction of sp³-hybridized carbons (Fsp3) is 0.125. The molecule has 0 amide bonds. The molecule has 0 radical (unpaired) electrons. The van der Waals surface area contributed by atoms with E-state index in [4.69, 9.17) is 23.2 Å². The largest absolute Gasteiger partial charge is 0.507 e. The second-order valence-electron chi connectivity index (χ2n) is 5.01. The smallest absolute Gasteiger partial charge is 0.124 e. The van der Waals surface area contributed by atoms with Crippen molar-refractivity contribution in [2.45, 2.75) is 13.0 Å². The molecule has 0 fully saturated rings. The zero-order valence-corrected chi connectivity index (χ0v) is 12.8. The summed E-state index contributed by atoms with van der Waals surface area (Å²) in [6.07, 6.45) is 1.99. The maximum Gasteiger partial charge on any atom is 0.124 e. The number of benzene rings is 2. The van der Waals surface area contributed by atoms with Crippen molar-refractivity contribution in [2.24, 2.45) is 0 Å². The number of nitrogens with one attached hydrogen (secondary N) is 2. The Labute approximate surface area is 133 Å². The highest BCUT2D eigenvalue weighted by Gasteiger charge is 2.21. The first-order valence-electron chi connectivity index (χ1n) is 6.53. The van der Waals surface area contributed by atoms with Crippen LogP contribution in [-0.2, 0) is 0 Å². The van der Waals surface area contributed by atoms with Gasteiger partial charge in [0.05, 0.1) is 11.7 Å². The molecule has 5 heteroatoms. The Kier molecular flexibility index (Phi) is 3.81. The van der Waals surface area contributed by atoms with Crippen molar-refractivity contribution in [3.8, 4) is 5.75 Å². The number of phenols is 1. The van der Waals surface area contributed by atoms with Crippen LogP contribution < -0.4 is 10.9 Å². The Morgan fingerprint density at radius 3 is 2.67 bits per heavy atom. The van der Waals surface area contributed by atoms with Crippen molar-refractivity contribution in [3.05, 3.63) is 69.2 Å². The maximum atomic E-state index is 9.99. The molecule has 1 aliphatic rings. The Morgan fingerprint density at radius 2 is 1.90 bits per heavy atom. The number of hydrazine groups is 1. The summed E-state index contributed by atoms with van der Waals surface area (Å²) in [5.41, 5.74) is 9.83. The lowest BCUT2D eigenvalue weighted by molar-refractivity contribution is 0.472. The first-order valence-corrected chi connectivity index (χ1v) is 7.28. The minimum Gasteiger partial charge on any atom is -0.507 e. The lowest BCUT2D eigenvalue weighted by atomic mass is 10.0. The normalized spacial score (nSPS) is 17.5. The molecule has 2 aromatic rings. The third-order valence-corrected chi connectivity index (χ3v) is 4.00. The van der Waals surface area contributed by atoms with Gasteiger partial charge in [-0.2, -0.15) is 0 Å². The van der Waals surface area contributed by atoms with Crippen LogP contribution in [0.4, 0.5) is 0 Å². The van der Waals surface area contributed by atoms with E-state index in [0.717, 1.165) is 22.4 Å². The molecule has 1 atom stereocenters. The number of rotatable bonds is 2. The summed E-state index contributed by atoms with van der Waals surface area (Å²) in [6.45, 7) is 1.99. The number of aryl methyl sites for hydroxylation is 1. The second kappa shape index (κ2) is 5.60. The average molecular weight is 321 g/mol. The summed E-state index contributed by atoms with van der Waals surface area (Å²) in [5, 5.41) is 11.2. The van der Waals surface area contributed by atoms with Gasteiger partial charge in [-0.25, -0.2) is 5.43 Å². The van der Waals surface area contributed by atoms with E-state index in [2.05, 4.69) is 10.9 Å².